The quantitative estimate of drug-likeness (QED) is 0.408. The molecule has 7 heavy (non-hydrogen) atoms. The predicted molar refractivity (Wildman–Crippen MR) is 32.2 cm³/mol. The van der Waals surface area contributed by atoms with E-state index in [4.69, 9.17) is 2.74 Å². The minimum Gasteiger partial charge on any atom is -0.0856 e. The monoisotopic (exact) mass is 98.1 g/mol. The molecule has 0 aromatic carbocycles. The van der Waals surface area contributed by atoms with Gasteiger partial charge in [0.2, 0.25) is 0 Å². The van der Waals surface area contributed by atoms with Crippen molar-refractivity contribution in [3.8, 4) is 0 Å². The Hall–Kier alpha value is -0.260. The van der Waals surface area contributed by atoms with Crippen molar-refractivity contribution in [3.63, 3.8) is 0 Å². The summed E-state index contributed by atoms with van der Waals surface area (Å²) >= 11 is 0. The molecule has 0 radical (unpaired) electrons. The second-order valence-corrected chi connectivity index (χ2v) is 1.96. The van der Waals surface area contributed by atoms with E-state index in [9.17, 15) is 0 Å². The molecule has 1 rings (SSSR count). The third kappa shape index (κ3) is 1.34. The molecule has 0 spiro atoms. The Kier molecular flexibility index (Phi) is 0.894. The molecular weight excluding hydrogens is 84.1 g/mol. The highest BCUT2D eigenvalue weighted by Gasteiger charge is 1.95. The van der Waals surface area contributed by atoms with Crippen LogP contribution in [0.4, 0.5) is 0 Å². The van der Waals surface area contributed by atoms with Gasteiger partial charge in [-0.1, -0.05) is 11.6 Å². The zero-order chi connectivity index (χ0) is 6.85. The summed E-state index contributed by atoms with van der Waals surface area (Å²) < 4.78 is 14.7. The van der Waals surface area contributed by atoms with Crippen molar-refractivity contribution in [1.29, 1.82) is 0 Å². The minimum absolute atomic E-state index is 0.171. The van der Waals surface area contributed by atoms with Crippen LogP contribution in [0.5, 0.6) is 0 Å². The SMILES string of the molecule is [2H]C1CC=C(C)CC1[2H]. The van der Waals surface area contributed by atoms with Crippen LogP contribution in [-0.4, -0.2) is 0 Å². The third-order valence-corrected chi connectivity index (χ3v) is 1.21. The lowest BCUT2D eigenvalue weighted by Gasteiger charge is -2.05. The average molecular weight is 98.2 g/mol. The van der Waals surface area contributed by atoms with Crippen LogP contribution in [0.2, 0.25) is 0 Å². The molecule has 0 N–H and O–H groups in total. The van der Waals surface area contributed by atoms with Crippen molar-refractivity contribution in [3.05, 3.63) is 11.6 Å². The molecule has 40 valence electrons. The molecule has 0 amide bonds. The summed E-state index contributed by atoms with van der Waals surface area (Å²) in [4.78, 5) is 0. The number of hydrogen-bond acceptors (Lipinski definition) is 0. The van der Waals surface area contributed by atoms with Gasteiger partial charge < -0.3 is 0 Å². The first-order chi connectivity index (χ1) is 4.20. The van der Waals surface area contributed by atoms with Gasteiger partial charge in [0.1, 0.15) is 0 Å². The molecule has 0 saturated heterocycles. The van der Waals surface area contributed by atoms with Gasteiger partial charge in [-0.3, -0.25) is 0 Å². The van der Waals surface area contributed by atoms with Crippen LogP contribution < -0.4 is 0 Å². The predicted octanol–water partition coefficient (Wildman–Crippen LogP) is 2.51. The lowest BCUT2D eigenvalue weighted by atomic mass is 10.0. The van der Waals surface area contributed by atoms with Gasteiger partial charge in [0.05, 0.1) is 0 Å². The molecular formula is C7H12. The van der Waals surface area contributed by atoms with Crippen molar-refractivity contribution in [2.24, 2.45) is 0 Å². The van der Waals surface area contributed by atoms with Crippen LogP contribution in [0.3, 0.4) is 0 Å². The molecule has 0 heteroatoms. The fourth-order valence-corrected chi connectivity index (χ4v) is 0.718. The van der Waals surface area contributed by atoms with E-state index in [0.29, 0.717) is 0 Å². The van der Waals surface area contributed by atoms with Crippen molar-refractivity contribution in [1.82, 2.24) is 0 Å². The topological polar surface area (TPSA) is 0 Å². The van der Waals surface area contributed by atoms with E-state index < -0.39 is 0 Å². The van der Waals surface area contributed by atoms with Crippen molar-refractivity contribution in [2.75, 3.05) is 0 Å². The third-order valence-electron chi connectivity index (χ3n) is 1.21. The Morgan fingerprint density at radius 3 is 3.14 bits per heavy atom. The zero-order valence-electron chi connectivity index (χ0n) is 6.65. The fourth-order valence-electron chi connectivity index (χ4n) is 0.718. The van der Waals surface area contributed by atoms with Gasteiger partial charge in [-0.25, -0.2) is 0 Å². The minimum atomic E-state index is -0.173. The standard InChI is InChI=1S/C7H12/c1-7-5-3-2-4-6-7/h5H,2-4,6H2,1H3/i2D,4D. The second-order valence-electron chi connectivity index (χ2n) is 1.96. The van der Waals surface area contributed by atoms with Crippen LogP contribution in [0.25, 0.3) is 0 Å². The first kappa shape index (κ1) is 2.91. The summed E-state index contributed by atoms with van der Waals surface area (Å²) in [5.41, 5.74) is 1.28. The van der Waals surface area contributed by atoms with E-state index in [0.717, 1.165) is 12.8 Å². The van der Waals surface area contributed by atoms with E-state index in [1.165, 1.54) is 5.57 Å². The summed E-state index contributed by atoms with van der Waals surface area (Å²) in [6.45, 7) is 2.04. The second kappa shape index (κ2) is 2.15. The highest BCUT2D eigenvalue weighted by Crippen LogP contribution is 2.15. The van der Waals surface area contributed by atoms with Crippen molar-refractivity contribution < 1.29 is 2.74 Å². The smallest absolute Gasteiger partial charge is 0.0270 e. The Morgan fingerprint density at radius 2 is 2.57 bits per heavy atom. The summed E-state index contributed by atoms with van der Waals surface area (Å²) in [5, 5.41) is 0. The number of hydrogen-bond donors (Lipinski definition) is 0. The summed E-state index contributed by atoms with van der Waals surface area (Å²) in [6.07, 6.45) is 3.31. The molecule has 0 nitrogen and oxygen atoms in total. The Bertz CT molecular complexity index is 129. The van der Waals surface area contributed by atoms with Gasteiger partial charge >= 0.3 is 0 Å². The normalized spacial score (nSPS) is 46.7. The molecule has 0 fully saturated rings. The first-order valence-electron chi connectivity index (χ1n) is 3.86. The zero-order valence-corrected chi connectivity index (χ0v) is 4.65. The lowest BCUT2D eigenvalue weighted by Crippen LogP contribution is -1.85. The first-order valence-corrected chi connectivity index (χ1v) is 2.70. The molecule has 0 saturated carbocycles. The summed E-state index contributed by atoms with van der Waals surface area (Å²) in [6, 6.07) is 0. The van der Waals surface area contributed by atoms with Crippen LogP contribution in [0.1, 0.15) is 35.3 Å². The molecule has 0 bridgehead atoms. The Labute approximate surface area is 48.0 Å². The fraction of sp³-hybridized carbons (Fsp3) is 0.714. The highest BCUT2D eigenvalue weighted by atomic mass is 14.0. The van der Waals surface area contributed by atoms with E-state index in [1.807, 2.05) is 6.92 Å². The van der Waals surface area contributed by atoms with Gasteiger partial charge in [-0.2, -0.15) is 0 Å². The maximum absolute atomic E-state index is 7.38. The van der Waals surface area contributed by atoms with Crippen molar-refractivity contribution >= 4 is 0 Å². The van der Waals surface area contributed by atoms with Crippen LogP contribution in [0.15, 0.2) is 11.6 Å². The molecule has 2 unspecified atom stereocenters. The Morgan fingerprint density at radius 1 is 1.71 bits per heavy atom. The van der Waals surface area contributed by atoms with Gasteiger partial charge in [-0.15, -0.1) is 0 Å². The largest absolute Gasteiger partial charge is 0.0856 e. The number of allylic oxidation sites excluding steroid dienone is 2. The van der Waals surface area contributed by atoms with Gasteiger partial charge in [0, 0.05) is 2.74 Å². The van der Waals surface area contributed by atoms with E-state index in [1.54, 1.807) is 0 Å². The highest BCUT2D eigenvalue weighted by molar-refractivity contribution is 5.00. The van der Waals surface area contributed by atoms with E-state index in [2.05, 4.69) is 6.08 Å². The molecule has 0 aromatic heterocycles. The van der Waals surface area contributed by atoms with Crippen LogP contribution in [0, 0.1) is 0 Å². The van der Waals surface area contributed by atoms with Gasteiger partial charge in [0.25, 0.3) is 0 Å². The van der Waals surface area contributed by atoms with Crippen LogP contribution >= 0.6 is 0 Å². The Balaban J connectivity index is 2.54. The van der Waals surface area contributed by atoms with E-state index in [-0.39, 0.29) is 12.8 Å². The van der Waals surface area contributed by atoms with E-state index >= 15 is 0 Å². The van der Waals surface area contributed by atoms with Crippen LogP contribution in [-0.2, 0) is 0 Å². The lowest BCUT2D eigenvalue weighted by molar-refractivity contribution is 0.702. The summed E-state index contributed by atoms with van der Waals surface area (Å²) in [5.74, 6) is 0. The maximum Gasteiger partial charge on any atom is 0.0270 e. The molecule has 0 aliphatic heterocycles. The van der Waals surface area contributed by atoms with Crippen molar-refractivity contribution in [2.45, 2.75) is 32.6 Å². The maximum atomic E-state index is 7.38. The molecule has 0 heterocycles. The molecule has 1 aliphatic carbocycles. The molecule has 1 aliphatic rings. The van der Waals surface area contributed by atoms with Gasteiger partial charge in [0.15, 0.2) is 0 Å². The average Bonchev–Trinajstić information content (AvgIpc) is 1.80. The molecule has 2 atom stereocenters. The summed E-state index contributed by atoms with van der Waals surface area (Å²) in [7, 11) is 0. The molecule has 0 aromatic rings. The van der Waals surface area contributed by atoms with Gasteiger partial charge in [-0.05, 0) is 32.6 Å². The number of rotatable bonds is 0.